The number of aryl methyl sites for hydroxylation is 2. The van der Waals surface area contributed by atoms with Gasteiger partial charge < -0.3 is 4.98 Å². The molecule has 3 heterocycles. The maximum absolute atomic E-state index is 13.2. The summed E-state index contributed by atoms with van der Waals surface area (Å²) in [6, 6.07) is 24.7. The van der Waals surface area contributed by atoms with Crippen LogP contribution in [-0.4, -0.2) is 35.4 Å². The molecule has 1 unspecified atom stereocenters. The fraction of sp³-hybridized carbons (Fsp3) is 0.189. The van der Waals surface area contributed by atoms with Crippen molar-refractivity contribution in [2.24, 2.45) is 5.41 Å². The third-order valence-electron chi connectivity index (χ3n) is 6.32. The molecule has 3 aromatic carbocycles. The second kappa shape index (κ2) is 14.7. The van der Waals surface area contributed by atoms with Crippen molar-refractivity contribution in [1.82, 2.24) is 15.0 Å². The number of hydrogen-bond acceptors (Lipinski definition) is 4. The van der Waals surface area contributed by atoms with Crippen molar-refractivity contribution in [2.75, 3.05) is 0 Å². The number of halogens is 2. The number of hydrogen-bond donors (Lipinski definition) is 0. The molecule has 3 aromatic heterocycles. The molecule has 1 radical (unpaired) electrons. The summed E-state index contributed by atoms with van der Waals surface area (Å²) in [5.41, 5.74) is 2.96. The molecule has 1 atom stereocenters. The van der Waals surface area contributed by atoms with Gasteiger partial charge in [-0.05, 0) is 11.8 Å². The third kappa shape index (κ3) is 8.37. The van der Waals surface area contributed by atoms with Crippen molar-refractivity contribution in [3.8, 4) is 39.7 Å². The Kier molecular flexibility index (Phi) is 8.35. The molecule has 0 aliphatic carbocycles. The Morgan fingerprint density at radius 1 is 0.956 bits per heavy atom. The summed E-state index contributed by atoms with van der Waals surface area (Å²) in [6.45, 7) is 0.654. The van der Waals surface area contributed by atoms with Crippen LogP contribution in [0.15, 0.2) is 79.1 Å². The number of pyridine rings is 2. The van der Waals surface area contributed by atoms with Gasteiger partial charge in [-0.2, -0.15) is 0 Å². The first-order chi connectivity index (χ1) is 23.9. The zero-order chi connectivity index (χ0) is 37.3. The molecule has 0 aliphatic heterocycles. The molecular formula is C37H30F2IrN4Te-2. The van der Waals surface area contributed by atoms with Crippen LogP contribution in [0.2, 0.25) is 0 Å². The number of rotatable bonds is 4. The molecule has 0 amide bonds. The van der Waals surface area contributed by atoms with E-state index in [9.17, 15) is 14.0 Å². The van der Waals surface area contributed by atoms with Crippen molar-refractivity contribution >= 4 is 29.3 Å². The van der Waals surface area contributed by atoms with Gasteiger partial charge in [0.25, 0.3) is 0 Å². The minimum Gasteiger partial charge on any atom is 0 e. The topological polar surface area (TPSA) is 62.5 Å². The average molecular weight is 896 g/mol. The van der Waals surface area contributed by atoms with E-state index in [-0.39, 0.29) is 47.9 Å². The predicted octanol–water partition coefficient (Wildman–Crippen LogP) is 8.72. The predicted molar refractivity (Wildman–Crippen MR) is 172 cm³/mol. The number of fused-ring (bicyclic) bond motifs is 1. The number of benzene rings is 3. The summed E-state index contributed by atoms with van der Waals surface area (Å²) in [6.07, 6.45) is 2.15. The molecule has 0 bridgehead atoms. The Balaban J connectivity index is 0.000000337. The SMILES string of the molecule is Fc1c[c-]c(-c2ccccn2)c(F)c1.[2H]C(c1ccc(-c2cc(-c3[c-]ccc4nc(C#N)[te]c34)ncc2C([2H])([2H])[2H])c(C([2H])([2H])[2H])c1)C(C)(C)C.[Ir]. The van der Waals surface area contributed by atoms with Gasteiger partial charge in [-0.3, -0.25) is 8.78 Å². The second-order valence-corrected chi connectivity index (χ2v) is 13.7. The molecule has 0 fully saturated rings. The standard InChI is InChI=1S/C26H24N3Te.C11H6F2N.Ir/c1-16-11-18(13-26(3,4)5)9-10-19(16)21-12-23(28-15-17(21)2)20-7-6-8-22-25(20)30-24(14-27)29-22;12-8-4-5-9(10(13)7-8)11-3-1-2-6-14-11;/h6,8-12,15H,13H2,1-5H3;1-4,6-7H;/q2*-1;/i1D3,2D3,13D;;. The molecule has 0 saturated carbocycles. The molecule has 0 spiro atoms. The van der Waals surface area contributed by atoms with Crippen LogP contribution in [0.4, 0.5) is 8.78 Å². The summed E-state index contributed by atoms with van der Waals surface area (Å²) in [5, 5.41) is 9.33. The summed E-state index contributed by atoms with van der Waals surface area (Å²) in [4.78, 5) is 12.7. The molecule has 0 N–H and O–H groups in total. The Morgan fingerprint density at radius 3 is 2.47 bits per heavy atom. The summed E-state index contributed by atoms with van der Waals surface area (Å²) in [5.74, 6) is -1.29. The van der Waals surface area contributed by atoms with E-state index in [1.165, 1.54) is 12.3 Å². The first-order valence-corrected chi connectivity index (χ1v) is 15.8. The number of nitrogens with zero attached hydrogens (tertiary/aromatic N) is 4. The van der Waals surface area contributed by atoms with E-state index < -0.39 is 57.6 Å². The molecule has 45 heavy (non-hydrogen) atoms. The van der Waals surface area contributed by atoms with Gasteiger partial charge in [-0.1, -0.05) is 23.8 Å². The number of nitriles is 1. The minimum atomic E-state index is -2.54. The second-order valence-electron chi connectivity index (χ2n) is 10.9. The molecule has 8 heteroatoms. The van der Waals surface area contributed by atoms with E-state index in [2.05, 4.69) is 33.2 Å². The molecule has 229 valence electrons. The van der Waals surface area contributed by atoms with E-state index in [1.54, 1.807) is 54.7 Å². The van der Waals surface area contributed by atoms with E-state index in [1.807, 2.05) is 20.8 Å². The van der Waals surface area contributed by atoms with Gasteiger partial charge in [0.2, 0.25) is 0 Å². The summed E-state index contributed by atoms with van der Waals surface area (Å²) in [7, 11) is 0. The molecular weight excluding hydrogens is 858 g/mol. The van der Waals surface area contributed by atoms with Crippen molar-refractivity contribution in [1.29, 1.82) is 5.26 Å². The zero-order valence-corrected chi connectivity index (χ0v) is 29.1. The van der Waals surface area contributed by atoms with Gasteiger partial charge >= 0.3 is 198 Å². The van der Waals surface area contributed by atoms with Crippen LogP contribution in [0.5, 0.6) is 0 Å². The number of aromatic nitrogens is 3. The van der Waals surface area contributed by atoms with Crippen LogP contribution >= 0.6 is 0 Å². The normalized spacial score (nSPS) is 14.4. The molecule has 0 saturated heterocycles. The van der Waals surface area contributed by atoms with Crippen LogP contribution in [0.1, 0.15) is 50.8 Å². The third-order valence-corrected chi connectivity index (χ3v) is 9.15. The molecule has 4 nitrogen and oxygen atoms in total. The van der Waals surface area contributed by atoms with Crippen molar-refractivity contribution in [2.45, 2.75) is 40.9 Å². The van der Waals surface area contributed by atoms with Crippen LogP contribution in [0, 0.1) is 54.2 Å². The van der Waals surface area contributed by atoms with Gasteiger partial charge in [-0.15, -0.1) is 12.1 Å². The van der Waals surface area contributed by atoms with Gasteiger partial charge in [0.1, 0.15) is 0 Å². The summed E-state index contributed by atoms with van der Waals surface area (Å²) < 4.78 is 84.7. The Labute approximate surface area is 296 Å². The minimum absolute atomic E-state index is 0. The van der Waals surface area contributed by atoms with Crippen LogP contribution < -0.4 is 0 Å². The van der Waals surface area contributed by atoms with E-state index in [0.29, 0.717) is 31.7 Å². The Bertz CT molecular complexity index is 2250. The Hall–Kier alpha value is -3.58. The molecule has 6 aromatic rings. The van der Waals surface area contributed by atoms with Gasteiger partial charge in [0.15, 0.2) is 0 Å². The zero-order valence-electron chi connectivity index (χ0n) is 31.4. The van der Waals surface area contributed by atoms with Crippen molar-refractivity contribution in [3.05, 3.63) is 123 Å². The Morgan fingerprint density at radius 2 is 1.78 bits per heavy atom. The monoisotopic (exact) mass is 898 g/mol. The quantitative estimate of drug-likeness (QED) is 0.131. The smallest absolute Gasteiger partial charge is 0 e. The van der Waals surface area contributed by atoms with Crippen LogP contribution in [-0.2, 0) is 26.5 Å². The molecule has 6 rings (SSSR count). The van der Waals surface area contributed by atoms with Crippen LogP contribution in [0.25, 0.3) is 42.6 Å². The maximum atomic E-state index is 13.2. The van der Waals surface area contributed by atoms with E-state index >= 15 is 0 Å². The van der Waals surface area contributed by atoms with Gasteiger partial charge in [-0.25, -0.2) is 0 Å². The van der Waals surface area contributed by atoms with Crippen molar-refractivity contribution < 1.29 is 38.5 Å². The molecule has 0 aliphatic rings. The van der Waals surface area contributed by atoms with Gasteiger partial charge in [0, 0.05) is 37.9 Å². The van der Waals surface area contributed by atoms with Crippen LogP contribution in [0.3, 0.4) is 0 Å². The van der Waals surface area contributed by atoms with Gasteiger partial charge in [0.05, 0.1) is 0 Å². The van der Waals surface area contributed by atoms with Crippen molar-refractivity contribution in [3.63, 3.8) is 0 Å². The average Bonchev–Trinajstić information content (AvgIpc) is 3.51. The fourth-order valence-corrected chi connectivity index (χ4v) is 6.96. The fourth-order valence-electron chi connectivity index (χ4n) is 4.48. The van der Waals surface area contributed by atoms with E-state index in [4.69, 9.17) is 9.60 Å². The first kappa shape index (κ1) is 25.6. The summed E-state index contributed by atoms with van der Waals surface area (Å²) >= 11 is -1.05. The first-order valence-electron chi connectivity index (χ1n) is 17.0. The van der Waals surface area contributed by atoms with E-state index in [0.717, 1.165) is 15.5 Å².